The van der Waals surface area contributed by atoms with Crippen LogP contribution in [0.4, 0.5) is 0 Å². The van der Waals surface area contributed by atoms with E-state index in [0.717, 1.165) is 22.0 Å². The summed E-state index contributed by atoms with van der Waals surface area (Å²) in [6.45, 7) is 4.93. The average molecular weight is 341 g/mol. The van der Waals surface area contributed by atoms with Gasteiger partial charge in [-0.25, -0.2) is 4.98 Å². The summed E-state index contributed by atoms with van der Waals surface area (Å²) in [6, 6.07) is 5.36. The minimum absolute atomic E-state index is 0.103. The minimum Gasteiger partial charge on any atom is -0.326 e. The Morgan fingerprint density at radius 2 is 2.04 bits per heavy atom. The number of thiazole rings is 1. The highest BCUT2D eigenvalue weighted by atomic mass is 32.1. The second-order valence-electron chi connectivity index (χ2n) is 5.58. The summed E-state index contributed by atoms with van der Waals surface area (Å²) in [4.78, 5) is 23.2. The van der Waals surface area contributed by atoms with Crippen LogP contribution >= 0.6 is 11.3 Å². The van der Waals surface area contributed by atoms with Crippen molar-refractivity contribution in [3.8, 4) is 0 Å². The van der Waals surface area contributed by atoms with Crippen molar-refractivity contribution < 1.29 is 4.79 Å². The molecule has 0 N–H and O–H groups in total. The van der Waals surface area contributed by atoms with Crippen LogP contribution in [0.25, 0.3) is 0 Å². The number of amides is 1. The third-order valence-corrected chi connectivity index (χ3v) is 4.75. The first kappa shape index (κ1) is 16.3. The predicted octanol–water partition coefficient (Wildman–Crippen LogP) is 2.73. The van der Waals surface area contributed by atoms with E-state index >= 15 is 0 Å². The van der Waals surface area contributed by atoms with Gasteiger partial charge in [0.1, 0.15) is 10.7 Å². The Balaban J connectivity index is 1.91. The molecule has 3 aromatic heterocycles. The quantitative estimate of drug-likeness (QED) is 0.716. The Morgan fingerprint density at radius 3 is 2.62 bits per heavy atom. The van der Waals surface area contributed by atoms with Gasteiger partial charge < -0.3 is 4.90 Å². The maximum Gasteiger partial charge on any atom is 0.273 e. The highest BCUT2D eigenvalue weighted by Crippen LogP contribution is 2.19. The lowest BCUT2D eigenvalue weighted by Gasteiger charge is -2.21. The van der Waals surface area contributed by atoms with Crippen molar-refractivity contribution in [2.24, 2.45) is 7.05 Å². The SMILES string of the molecule is Cc1nn(C)c(C)c1CN(Cc1nccs1)C(=O)c1ccccn1. The number of aryl methyl sites for hydroxylation is 2. The first-order valence-electron chi connectivity index (χ1n) is 7.64. The molecule has 0 aliphatic carbocycles. The molecule has 0 fully saturated rings. The van der Waals surface area contributed by atoms with Crippen LogP contribution in [0.15, 0.2) is 36.0 Å². The van der Waals surface area contributed by atoms with E-state index in [4.69, 9.17) is 0 Å². The first-order valence-corrected chi connectivity index (χ1v) is 8.52. The van der Waals surface area contributed by atoms with Gasteiger partial charge in [0.05, 0.1) is 18.8 Å². The third kappa shape index (κ3) is 3.35. The zero-order valence-electron chi connectivity index (χ0n) is 13.9. The lowest BCUT2D eigenvalue weighted by Crippen LogP contribution is -2.31. The van der Waals surface area contributed by atoms with Gasteiger partial charge in [-0.15, -0.1) is 11.3 Å². The largest absolute Gasteiger partial charge is 0.326 e. The van der Waals surface area contributed by atoms with Crippen molar-refractivity contribution in [3.05, 3.63) is 63.6 Å². The van der Waals surface area contributed by atoms with Crippen LogP contribution in [0.1, 0.15) is 32.4 Å². The number of rotatable bonds is 5. The molecule has 0 aliphatic heterocycles. The molecule has 124 valence electrons. The van der Waals surface area contributed by atoms with E-state index < -0.39 is 0 Å². The summed E-state index contributed by atoms with van der Waals surface area (Å²) in [5.74, 6) is -0.103. The van der Waals surface area contributed by atoms with Crippen LogP contribution in [0, 0.1) is 13.8 Å². The molecule has 0 bridgehead atoms. The summed E-state index contributed by atoms with van der Waals surface area (Å²) in [5.41, 5.74) is 3.50. The van der Waals surface area contributed by atoms with E-state index in [1.807, 2.05) is 37.0 Å². The molecule has 3 aromatic rings. The highest BCUT2D eigenvalue weighted by Gasteiger charge is 2.21. The third-order valence-electron chi connectivity index (χ3n) is 3.99. The van der Waals surface area contributed by atoms with Gasteiger partial charge in [-0.2, -0.15) is 5.10 Å². The van der Waals surface area contributed by atoms with Crippen molar-refractivity contribution in [3.63, 3.8) is 0 Å². The number of hydrogen-bond acceptors (Lipinski definition) is 5. The second kappa shape index (κ2) is 6.92. The molecule has 0 saturated carbocycles. The molecule has 1 amide bonds. The number of pyridine rings is 1. The summed E-state index contributed by atoms with van der Waals surface area (Å²) >= 11 is 1.54. The number of nitrogens with zero attached hydrogens (tertiary/aromatic N) is 5. The summed E-state index contributed by atoms with van der Waals surface area (Å²) in [5, 5.41) is 7.26. The number of aromatic nitrogens is 4. The molecule has 0 aromatic carbocycles. The van der Waals surface area contributed by atoms with E-state index in [1.54, 1.807) is 40.8 Å². The molecule has 0 aliphatic rings. The van der Waals surface area contributed by atoms with Crippen LogP contribution in [0.2, 0.25) is 0 Å². The normalized spacial score (nSPS) is 10.8. The maximum atomic E-state index is 12.9. The van der Waals surface area contributed by atoms with Gasteiger partial charge >= 0.3 is 0 Å². The highest BCUT2D eigenvalue weighted by molar-refractivity contribution is 7.09. The van der Waals surface area contributed by atoms with Crippen molar-refractivity contribution in [2.75, 3.05) is 0 Å². The molecule has 0 saturated heterocycles. The van der Waals surface area contributed by atoms with Crippen LogP contribution in [-0.2, 0) is 20.1 Å². The van der Waals surface area contributed by atoms with Crippen molar-refractivity contribution in [1.82, 2.24) is 24.6 Å². The van der Waals surface area contributed by atoms with Crippen LogP contribution in [-0.4, -0.2) is 30.6 Å². The van der Waals surface area contributed by atoms with E-state index in [1.165, 1.54) is 0 Å². The van der Waals surface area contributed by atoms with E-state index in [2.05, 4.69) is 15.1 Å². The Labute approximate surface area is 144 Å². The fourth-order valence-corrected chi connectivity index (χ4v) is 3.21. The zero-order chi connectivity index (χ0) is 17.1. The fraction of sp³-hybridized carbons (Fsp3) is 0.294. The minimum atomic E-state index is -0.103. The molecular formula is C17H19N5OS. The van der Waals surface area contributed by atoms with Crippen LogP contribution in [0.3, 0.4) is 0 Å². The van der Waals surface area contributed by atoms with Gasteiger partial charge in [0, 0.05) is 36.1 Å². The summed E-state index contributed by atoms with van der Waals surface area (Å²) < 4.78 is 1.84. The van der Waals surface area contributed by atoms with Gasteiger partial charge in [0.25, 0.3) is 5.91 Å². The van der Waals surface area contributed by atoms with Crippen LogP contribution < -0.4 is 0 Å². The molecule has 0 atom stereocenters. The average Bonchev–Trinajstić information content (AvgIpc) is 3.18. The first-order chi connectivity index (χ1) is 11.6. The fourth-order valence-electron chi connectivity index (χ4n) is 2.58. The summed E-state index contributed by atoms with van der Waals surface area (Å²) in [7, 11) is 1.91. The van der Waals surface area contributed by atoms with Crippen LogP contribution in [0.5, 0.6) is 0 Å². The Kier molecular flexibility index (Phi) is 4.71. The topological polar surface area (TPSA) is 63.9 Å². The molecule has 0 spiro atoms. The molecule has 24 heavy (non-hydrogen) atoms. The lowest BCUT2D eigenvalue weighted by molar-refractivity contribution is 0.0723. The Morgan fingerprint density at radius 1 is 1.21 bits per heavy atom. The van der Waals surface area contributed by atoms with Gasteiger partial charge in [-0.3, -0.25) is 14.5 Å². The smallest absolute Gasteiger partial charge is 0.273 e. The van der Waals surface area contributed by atoms with Gasteiger partial charge in [0.15, 0.2) is 0 Å². The molecule has 6 nitrogen and oxygen atoms in total. The zero-order valence-corrected chi connectivity index (χ0v) is 14.7. The van der Waals surface area contributed by atoms with Gasteiger partial charge in [-0.1, -0.05) is 6.07 Å². The Hall–Kier alpha value is -2.54. The van der Waals surface area contributed by atoms with Gasteiger partial charge in [0.2, 0.25) is 0 Å². The molecule has 3 rings (SSSR count). The monoisotopic (exact) mass is 341 g/mol. The molecular weight excluding hydrogens is 322 g/mol. The predicted molar refractivity (Wildman–Crippen MR) is 92.6 cm³/mol. The summed E-state index contributed by atoms with van der Waals surface area (Å²) in [6.07, 6.45) is 3.39. The number of hydrogen-bond donors (Lipinski definition) is 0. The number of carbonyl (C=O) groups excluding carboxylic acids is 1. The maximum absolute atomic E-state index is 12.9. The van der Waals surface area contributed by atoms with Crippen molar-refractivity contribution >= 4 is 17.2 Å². The van der Waals surface area contributed by atoms with Crippen molar-refractivity contribution in [1.29, 1.82) is 0 Å². The molecule has 0 unspecified atom stereocenters. The van der Waals surface area contributed by atoms with E-state index in [9.17, 15) is 4.79 Å². The standard InChI is InChI=1S/C17H19N5OS/c1-12-14(13(2)21(3)20-12)10-22(11-16-19-8-9-24-16)17(23)15-6-4-5-7-18-15/h4-9H,10-11H2,1-3H3. The second-order valence-corrected chi connectivity index (χ2v) is 6.55. The molecule has 3 heterocycles. The van der Waals surface area contributed by atoms with Gasteiger partial charge in [-0.05, 0) is 26.0 Å². The number of carbonyl (C=O) groups is 1. The Bertz CT molecular complexity index is 826. The molecule has 0 radical (unpaired) electrons. The molecule has 7 heteroatoms. The van der Waals surface area contributed by atoms with E-state index in [0.29, 0.717) is 18.8 Å². The lowest BCUT2D eigenvalue weighted by atomic mass is 10.1. The van der Waals surface area contributed by atoms with E-state index in [-0.39, 0.29) is 5.91 Å². The van der Waals surface area contributed by atoms with Crippen molar-refractivity contribution in [2.45, 2.75) is 26.9 Å².